The first kappa shape index (κ1) is 30.7. The number of amides is 1. The van der Waals surface area contributed by atoms with Crippen LogP contribution in [0.5, 0.6) is 5.75 Å². The molecule has 220 valence electrons. The van der Waals surface area contributed by atoms with E-state index in [9.17, 15) is 4.79 Å². The summed E-state index contributed by atoms with van der Waals surface area (Å²) >= 11 is 0. The molecule has 0 aromatic heterocycles. The van der Waals surface area contributed by atoms with Crippen molar-refractivity contribution in [1.29, 1.82) is 0 Å². The van der Waals surface area contributed by atoms with Gasteiger partial charge in [-0.05, 0) is 29.7 Å². The molecule has 1 N–H and O–H groups in total. The molecule has 2 atom stereocenters. The number of fused-ring (bicyclic) bond motifs is 2. The Balaban J connectivity index is 1.62. The van der Waals surface area contributed by atoms with Crippen molar-refractivity contribution < 1.29 is 33.2 Å². The number of nitrogens with one attached hydrogen (secondary N) is 1. The number of hydrogen-bond acceptors (Lipinski definition) is 7. The van der Waals surface area contributed by atoms with Crippen LogP contribution in [0.4, 0.5) is 0 Å². The maximum absolute atomic E-state index is 13.0. The molecular formula is C33H41NO7. The van der Waals surface area contributed by atoms with E-state index >= 15 is 0 Å². The summed E-state index contributed by atoms with van der Waals surface area (Å²) in [7, 11) is 1.62. The summed E-state index contributed by atoms with van der Waals surface area (Å²) in [5.74, 6) is 0.490. The monoisotopic (exact) mass is 563 g/mol. The van der Waals surface area contributed by atoms with Gasteiger partial charge in [0.25, 0.3) is 5.91 Å². The molecule has 0 saturated heterocycles. The lowest BCUT2D eigenvalue weighted by Crippen LogP contribution is -2.24. The summed E-state index contributed by atoms with van der Waals surface area (Å²) in [4.78, 5) is 13.0. The average molecular weight is 564 g/mol. The molecule has 1 amide bonds. The van der Waals surface area contributed by atoms with Gasteiger partial charge in [0.2, 0.25) is 0 Å². The Morgan fingerprint density at radius 2 is 1.37 bits per heavy atom. The zero-order chi connectivity index (χ0) is 28.7. The molecule has 0 spiro atoms. The van der Waals surface area contributed by atoms with Crippen LogP contribution in [0.15, 0.2) is 72.8 Å². The number of ether oxygens (including phenoxy) is 6. The minimum Gasteiger partial charge on any atom is -0.496 e. The van der Waals surface area contributed by atoms with Gasteiger partial charge in [-0.25, -0.2) is 0 Å². The van der Waals surface area contributed by atoms with Crippen LogP contribution >= 0.6 is 0 Å². The number of benzene rings is 3. The van der Waals surface area contributed by atoms with Gasteiger partial charge in [-0.1, -0.05) is 67.6 Å². The van der Waals surface area contributed by atoms with Crippen molar-refractivity contribution in [3.63, 3.8) is 0 Å². The Kier molecular flexibility index (Phi) is 12.6. The highest BCUT2D eigenvalue weighted by Crippen LogP contribution is 2.30. The molecule has 0 saturated carbocycles. The summed E-state index contributed by atoms with van der Waals surface area (Å²) < 4.78 is 36.3. The largest absolute Gasteiger partial charge is 0.496 e. The van der Waals surface area contributed by atoms with Gasteiger partial charge >= 0.3 is 0 Å². The van der Waals surface area contributed by atoms with E-state index in [1.807, 2.05) is 79.7 Å². The molecule has 8 nitrogen and oxygen atoms in total. The summed E-state index contributed by atoms with van der Waals surface area (Å²) in [6.45, 7) is 5.49. The van der Waals surface area contributed by atoms with E-state index < -0.39 is 0 Å². The first-order chi connectivity index (χ1) is 20.2. The number of hydrogen-bond donors (Lipinski definition) is 1. The molecule has 0 fully saturated rings. The summed E-state index contributed by atoms with van der Waals surface area (Å²) in [6.07, 6.45) is 0.261. The lowest BCUT2D eigenvalue weighted by Gasteiger charge is -2.22. The van der Waals surface area contributed by atoms with Gasteiger partial charge in [-0.3, -0.25) is 4.79 Å². The van der Waals surface area contributed by atoms with E-state index in [-0.39, 0.29) is 31.3 Å². The SMILES string of the molecule is CCCNC(=O)c1cc2c(OC)c(c1)CO[C@@H](c1ccccc1)COCCOCCO[C@@H](c1ccccc1)COC2. The normalized spacial score (nSPS) is 19.5. The van der Waals surface area contributed by atoms with Crippen molar-refractivity contribution in [3.05, 3.63) is 101 Å². The minimum atomic E-state index is -0.313. The van der Waals surface area contributed by atoms with Crippen LogP contribution in [0.2, 0.25) is 0 Å². The zero-order valence-corrected chi connectivity index (χ0v) is 24.0. The lowest BCUT2D eigenvalue weighted by atomic mass is 10.0. The second kappa shape index (κ2) is 16.9. The van der Waals surface area contributed by atoms with Crippen molar-refractivity contribution >= 4 is 5.91 Å². The first-order valence-electron chi connectivity index (χ1n) is 14.2. The fraction of sp³-hybridized carbons (Fsp3) is 0.424. The molecule has 2 bridgehead atoms. The quantitative estimate of drug-likeness (QED) is 0.429. The Hall–Kier alpha value is -3.27. The molecule has 0 aliphatic carbocycles. The third-order valence-corrected chi connectivity index (χ3v) is 6.74. The number of carbonyl (C=O) groups is 1. The van der Waals surface area contributed by atoms with E-state index in [2.05, 4.69) is 5.32 Å². The second-order valence-corrected chi connectivity index (χ2v) is 9.77. The molecule has 1 aliphatic rings. The Morgan fingerprint density at radius 3 is 2.02 bits per heavy atom. The number of carbonyl (C=O) groups excluding carboxylic acids is 1. The third kappa shape index (κ3) is 9.38. The minimum absolute atomic E-state index is 0.146. The van der Waals surface area contributed by atoms with Gasteiger partial charge in [0.05, 0.1) is 60.0 Å². The molecule has 1 heterocycles. The maximum atomic E-state index is 13.0. The van der Waals surface area contributed by atoms with Gasteiger partial charge < -0.3 is 33.7 Å². The van der Waals surface area contributed by atoms with E-state index in [1.54, 1.807) is 7.11 Å². The maximum Gasteiger partial charge on any atom is 0.251 e. The molecule has 4 rings (SSSR count). The predicted octanol–water partition coefficient (Wildman–Crippen LogP) is 5.41. The van der Waals surface area contributed by atoms with Crippen molar-refractivity contribution in [1.82, 2.24) is 5.32 Å². The van der Waals surface area contributed by atoms with Crippen molar-refractivity contribution in [3.8, 4) is 5.75 Å². The van der Waals surface area contributed by atoms with E-state index in [0.29, 0.717) is 57.5 Å². The number of rotatable bonds is 6. The van der Waals surface area contributed by atoms with Gasteiger partial charge in [-0.15, -0.1) is 0 Å². The predicted molar refractivity (Wildman–Crippen MR) is 156 cm³/mol. The highest BCUT2D eigenvalue weighted by molar-refractivity contribution is 5.94. The van der Waals surface area contributed by atoms with Crippen molar-refractivity contribution in [2.45, 2.75) is 38.8 Å². The van der Waals surface area contributed by atoms with Gasteiger partial charge in [0.1, 0.15) is 18.0 Å². The van der Waals surface area contributed by atoms with Gasteiger partial charge in [0, 0.05) is 23.2 Å². The second-order valence-electron chi connectivity index (χ2n) is 9.77. The van der Waals surface area contributed by atoms with E-state index in [1.165, 1.54) is 0 Å². The van der Waals surface area contributed by atoms with Crippen LogP contribution in [0.1, 0.15) is 58.2 Å². The van der Waals surface area contributed by atoms with Crippen LogP contribution in [-0.4, -0.2) is 59.2 Å². The molecule has 1 aliphatic heterocycles. The summed E-state index contributed by atoms with van der Waals surface area (Å²) in [5, 5.41) is 2.97. The smallest absolute Gasteiger partial charge is 0.251 e. The highest BCUT2D eigenvalue weighted by atomic mass is 16.6. The van der Waals surface area contributed by atoms with Crippen LogP contribution in [0, 0.1) is 0 Å². The fourth-order valence-electron chi connectivity index (χ4n) is 4.65. The van der Waals surface area contributed by atoms with Crippen molar-refractivity contribution in [2.24, 2.45) is 0 Å². The van der Waals surface area contributed by atoms with Crippen LogP contribution in [0.3, 0.4) is 0 Å². The Morgan fingerprint density at radius 1 is 0.780 bits per heavy atom. The molecule has 3 aromatic carbocycles. The molecule has 8 heteroatoms. The summed E-state index contributed by atoms with van der Waals surface area (Å²) in [6, 6.07) is 23.6. The third-order valence-electron chi connectivity index (χ3n) is 6.74. The van der Waals surface area contributed by atoms with E-state index in [0.717, 1.165) is 28.7 Å². The average Bonchev–Trinajstić information content (AvgIpc) is 3.01. The van der Waals surface area contributed by atoms with Crippen LogP contribution in [0.25, 0.3) is 0 Å². The Bertz CT molecular complexity index is 1190. The van der Waals surface area contributed by atoms with Gasteiger partial charge in [-0.2, -0.15) is 0 Å². The molecular weight excluding hydrogens is 522 g/mol. The molecule has 0 radical (unpaired) electrons. The number of methoxy groups -OCH3 is 1. The lowest BCUT2D eigenvalue weighted by molar-refractivity contribution is -0.0601. The van der Waals surface area contributed by atoms with Crippen LogP contribution in [-0.2, 0) is 36.9 Å². The fourth-order valence-corrected chi connectivity index (χ4v) is 4.65. The molecule has 0 unspecified atom stereocenters. The van der Waals surface area contributed by atoms with Crippen LogP contribution < -0.4 is 10.1 Å². The molecule has 3 aromatic rings. The Labute approximate surface area is 242 Å². The first-order valence-corrected chi connectivity index (χ1v) is 14.2. The zero-order valence-electron chi connectivity index (χ0n) is 24.0. The standard InChI is InChI=1S/C33H41NO7/c1-3-14-34-33(35)27-19-28-21-39-24-30(25-10-6-4-7-11-25)40-18-17-37-15-16-38-23-31(26-12-8-5-9-13-26)41-22-29(20-27)32(28)36-2/h4-13,19-20,30-31H,3,14-18,21-24H2,1-2H3,(H,34,35)/t30-,31-/m1/s1. The highest BCUT2D eigenvalue weighted by Gasteiger charge is 2.20. The van der Waals surface area contributed by atoms with Crippen molar-refractivity contribution in [2.75, 3.05) is 53.3 Å². The van der Waals surface area contributed by atoms with Gasteiger partial charge in [0.15, 0.2) is 0 Å². The molecule has 41 heavy (non-hydrogen) atoms. The summed E-state index contributed by atoms with van der Waals surface area (Å²) in [5.41, 5.74) is 4.08. The topological polar surface area (TPSA) is 84.5 Å². The van der Waals surface area contributed by atoms with E-state index in [4.69, 9.17) is 28.4 Å².